The Bertz CT molecular complexity index is 461. The molecular formula is C12H17N3O2. The maximum absolute atomic E-state index is 11.8. The fraction of sp³-hybridized carbons (Fsp3) is 0.500. The highest BCUT2D eigenvalue weighted by molar-refractivity contribution is 5.94. The van der Waals surface area contributed by atoms with Crippen LogP contribution in [0, 0.1) is 0 Å². The number of hydrogen-bond acceptors (Lipinski definition) is 3. The van der Waals surface area contributed by atoms with Gasteiger partial charge in [0, 0.05) is 18.8 Å². The summed E-state index contributed by atoms with van der Waals surface area (Å²) in [5, 5.41) is 5.96. The Hall–Kier alpha value is -1.62. The molecule has 0 spiro atoms. The van der Waals surface area contributed by atoms with Gasteiger partial charge in [-0.1, -0.05) is 0 Å². The SMILES string of the molecule is CCn1cc(NC(=O)[C@@H]2CCCN2)ccc1=O. The number of carbonyl (C=O) groups excluding carboxylic acids is 1. The summed E-state index contributed by atoms with van der Waals surface area (Å²) < 4.78 is 1.57. The number of aromatic nitrogens is 1. The lowest BCUT2D eigenvalue weighted by Gasteiger charge is -2.12. The van der Waals surface area contributed by atoms with Crippen LogP contribution in [0.15, 0.2) is 23.1 Å². The summed E-state index contributed by atoms with van der Waals surface area (Å²) >= 11 is 0. The smallest absolute Gasteiger partial charge is 0.250 e. The molecule has 17 heavy (non-hydrogen) atoms. The summed E-state index contributed by atoms with van der Waals surface area (Å²) in [5.41, 5.74) is 0.620. The Morgan fingerprint density at radius 1 is 1.59 bits per heavy atom. The second kappa shape index (κ2) is 5.14. The minimum atomic E-state index is -0.1000. The van der Waals surface area contributed by atoms with Gasteiger partial charge in [0.05, 0.1) is 11.7 Å². The highest BCUT2D eigenvalue weighted by atomic mass is 16.2. The number of pyridine rings is 1. The fourth-order valence-corrected chi connectivity index (χ4v) is 1.99. The number of anilines is 1. The van der Waals surface area contributed by atoms with E-state index in [9.17, 15) is 9.59 Å². The predicted octanol–water partition coefficient (Wildman–Crippen LogP) is 0.559. The van der Waals surface area contributed by atoms with Crippen LogP contribution in [-0.2, 0) is 11.3 Å². The van der Waals surface area contributed by atoms with Gasteiger partial charge in [0.2, 0.25) is 5.91 Å². The molecule has 1 aromatic heterocycles. The summed E-state index contributed by atoms with van der Waals surface area (Å²) in [6.45, 7) is 3.39. The summed E-state index contributed by atoms with van der Waals surface area (Å²) in [4.78, 5) is 23.2. The number of amides is 1. The highest BCUT2D eigenvalue weighted by Gasteiger charge is 2.21. The van der Waals surface area contributed by atoms with Crippen molar-refractivity contribution in [3.05, 3.63) is 28.7 Å². The molecule has 0 saturated carbocycles. The summed E-state index contributed by atoms with van der Waals surface area (Å²) in [6, 6.07) is 3.01. The highest BCUT2D eigenvalue weighted by Crippen LogP contribution is 2.09. The van der Waals surface area contributed by atoms with Gasteiger partial charge in [0.15, 0.2) is 0 Å². The van der Waals surface area contributed by atoms with Gasteiger partial charge in [-0.05, 0) is 32.4 Å². The molecular weight excluding hydrogens is 218 g/mol. The van der Waals surface area contributed by atoms with Crippen LogP contribution in [-0.4, -0.2) is 23.1 Å². The minimum Gasteiger partial charge on any atom is -0.323 e. The standard InChI is InChI=1S/C12H17N3O2/c1-2-15-8-9(5-6-11(15)16)14-12(17)10-4-3-7-13-10/h5-6,8,10,13H,2-4,7H2,1H3,(H,14,17)/t10-/m0/s1. The Morgan fingerprint density at radius 2 is 2.41 bits per heavy atom. The van der Waals surface area contributed by atoms with E-state index in [-0.39, 0.29) is 17.5 Å². The third-order valence-corrected chi connectivity index (χ3v) is 2.97. The van der Waals surface area contributed by atoms with E-state index < -0.39 is 0 Å². The van der Waals surface area contributed by atoms with Crippen molar-refractivity contribution in [2.75, 3.05) is 11.9 Å². The first-order chi connectivity index (χ1) is 8.20. The van der Waals surface area contributed by atoms with Gasteiger partial charge in [-0.2, -0.15) is 0 Å². The molecule has 1 fully saturated rings. The molecule has 1 aliphatic heterocycles. The lowest BCUT2D eigenvalue weighted by molar-refractivity contribution is -0.117. The Kier molecular flexibility index (Phi) is 3.58. The van der Waals surface area contributed by atoms with Gasteiger partial charge in [-0.3, -0.25) is 9.59 Å². The van der Waals surface area contributed by atoms with Crippen molar-refractivity contribution >= 4 is 11.6 Å². The van der Waals surface area contributed by atoms with Gasteiger partial charge >= 0.3 is 0 Å². The number of aryl methyl sites for hydroxylation is 1. The molecule has 1 atom stereocenters. The van der Waals surface area contributed by atoms with Crippen molar-refractivity contribution in [1.82, 2.24) is 9.88 Å². The molecule has 0 radical (unpaired) electrons. The van der Waals surface area contributed by atoms with Crippen molar-refractivity contribution in [3.63, 3.8) is 0 Å². The molecule has 0 aliphatic carbocycles. The third-order valence-electron chi connectivity index (χ3n) is 2.97. The molecule has 1 aliphatic rings. The van der Waals surface area contributed by atoms with Crippen LogP contribution in [0.4, 0.5) is 5.69 Å². The zero-order chi connectivity index (χ0) is 12.3. The first-order valence-electron chi connectivity index (χ1n) is 5.95. The number of carbonyl (C=O) groups is 1. The average molecular weight is 235 g/mol. The fourth-order valence-electron chi connectivity index (χ4n) is 1.99. The molecule has 2 N–H and O–H groups in total. The summed E-state index contributed by atoms with van der Waals surface area (Å²) in [6.07, 6.45) is 3.58. The van der Waals surface area contributed by atoms with E-state index >= 15 is 0 Å². The normalized spacial score (nSPS) is 19.2. The Morgan fingerprint density at radius 3 is 3.06 bits per heavy atom. The second-order valence-electron chi connectivity index (χ2n) is 4.18. The molecule has 1 aromatic rings. The maximum Gasteiger partial charge on any atom is 0.250 e. The minimum absolute atomic E-state index is 0.0243. The topological polar surface area (TPSA) is 63.1 Å². The van der Waals surface area contributed by atoms with Gasteiger partial charge in [0.25, 0.3) is 5.56 Å². The largest absolute Gasteiger partial charge is 0.323 e. The molecule has 0 aromatic carbocycles. The van der Waals surface area contributed by atoms with Crippen molar-refractivity contribution in [3.8, 4) is 0 Å². The Balaban J connectivity index is 2.07. The van der Waals surface area contributed by atoms with Crippen LogP contribution in [0.1, 0.15) is 19.8 Å². The van der Waals surface area contributed by atoms with E-state index in [0.717, 1.165) is 19.4 Å². The lowest BCUT2D eigenvalue weighted by atomic mass is 10.2. The molecule has 2 heterocycles. The van der Waals surface area contributed by atoms with Gasteiger partial charge < -0.3 is 15.2 Å². The Labute approximate surface area is 99.8 Å². The number of rotatable bonds is 3. The molecule has 92 valence electrons. The second-order valence-corrected chi connectivity index (χ2v) is 4.18. The van der Waals surface area contributed by atoms with E-state index in [1.807, 2.05) is 6.92 Å². The molecule has 1 amide bonds. The van der Waals surface area contributed by atoms with Crippen LogP contribution >= 0.6 is 0 Å². The monoisotopic (exact) mass is 235 g/mol. The van der Waals surface area contributed by atoms with Crippen molar-refractivity contribution in [2.24, 2.45) is 0 Å². The van der Waals surface area contributed by atoms with Crippen molar-refractivity contribution in [1.29, 1.82) is 0 Å². The van der Waals surface area contributed by atoms with Crippen molar-refractivity contribution < 1.29 is 4.79 Å². The van der Waals surface area contributed by atoms with Gasteiger partial charge in [-0.25, -0.2) is 0 Å². The third kappa shape index (κ3) is 2.74. The lowest BCUT2D eigenvalue weighted by Crippen LogP contribution is -2.35. The van der Waals surface area contributed by atoms with E-state index in [2.05, 4.69) is 10.6 Å². The van der Waals surface area contributed by atoms with Crippen LogP contribution < -0.4 is 16.2 Å². The predicted molar refractivity (Wildman–Crippen MR) is 66.0 cm³/mol. The van der Waals surface area contributed by atoms with Crippen LogP contribution in [0.25, 0.3) is 0 Å². The van der Waals surface area contributed by atoms with Gasteiger partial charge in [0.1, 0.15) is 0 Å². The molecule has 5 heteroatoms. The van der Waals surface area contributed by atoms with Crippen molar-refractivity contribution in [2.45, 2.75) is 32.4 Å². The summed E-state index contributed by atoms with van der Waals surface area (Å²) in [7, 11) is 0. The van der Waals surface area contributed by atoms with E-state index in [4.69, 9.17) is 0 Å². The quantitative estimate of drug-likeness (QED) is 0.804. The van der Waals surface area contributed by atoms with E-state index in [1.165, 1.54) is 6.07 Å². The molecule has 2 rings (SSSR count). The van der Waals surface area contributed by atoms with Crippen LogP contribution in [0.3, 0.4) is 0 Å². The number of nitrogens with one attached hydrogen (secondary N) is 2. The molecule has 1 saturated heterocycles. The first kappa shape index (κ1) is 11.9. The number of nitrogens with zero attached hydrogens (tertiary/aromatic N) is 1. The van der Waals surface area contributed by atoms with Crippen LogP contribution in [0.2, 0.25) is 0 Å². The average Bonchev–Trinajstić information content (AvgIpc) is 2.85. The van der Waals surface area contributed by atoms with Gasteiger partial charge in [-0.15, -0.1) is 0 Å². The zero-order valence-corrected chi connectivity index (χ0v) is 9.90. The van der Waals surface area contributed by atoms with E-state index in [0.29, 0.717) is 12.2 Å². The zero-order valence-electron chi connectivity index (χ0n) is 9.90. The van der Waals surface area contributed by atoms with E-state index in [1.54, 1.807) is 16.8 Å². The summed E-state index contributed by atoms with van der Waals surface area (Å²) in [5.74, 6) is -0.0243. The van der Waals surface area contributed by atoms with Crippen LogP contribution in [0.5, 0.6) is 0 Å². The maximum atomic E-state index is 11.8. The molecule has 0 unspecified atom stereocenters. The number of hydrogen-bond donors (Lipinski definition) is 2. The molecule has 0 bridgehead atoms. The first-order valence-corrected chi connectivity index (χ1v) is 5.95. The molecule has 5 nitrogen and oxygen atoms in total.